The molecule has 5 heteroatoms. The molecular formula is C14H26O4Si. The van der Waals surface area contributed by atoms with Gasteiger partial charge in [-0.15, -0.1) is 0 Å². The third-order valence-electron chi connectivity index (χ3n) is 3.85. The van der Waals surface area contributed by atoms with E-state index in [9.17, 15) is 5.11 Å². The molecule has 0 saturated carbocycles. The Balaban J connectivity index is 2.87. The van der Waals surface area contributed by atoms with Crippen LogP contribution in [-0.2, 0) is 4.43 Å². The highest BCUT2D eigenvalue weighted by Crippen LogP contribution is 2.40. The minimum Gasteiger partial charge on any atom is -0.472 e. The van der Waals surface area contributed by atoms with Crippen molar-refractivity contribution in [2.45, 2.75) is 57.5 Å². The lowest BCUT2D eigenvalue weighted by Gasteiger charge is -2.39. The van der Waals surface area contributed by atoms with Gasteiger partial charge in [-0.05, 0) is 24.2 Å². The maximum Gasteiger partial charge on any atom is 0.192 e. The molecule has 0 aliphatic rings. The van der Waals surface area contributed by atoms with Crippen LogP contribution in [0.5, 0.6) is 0 Å². The maximum atomic E-state index is 9.68. The van der Waals surface area contributed by atoms with Crippen molar-refractivity contribution in [1.82, 2.24) is 0 Å². The van der Waals surface area contributed by atoms with Crippen molar-refractivity contribution in [1.29, 1.82) is 0 Å². The molecule has 0 spiro atoms. The molecule has 1 heterocycles. The Kier molecular flexibility index (Phi) is 5.38. The molecule has 0 saturated heterocycles. The van der Waals surface area contributed by atoms with Gasteiger partial charge in [-0.2, -0.15) is 0 Å². The summed E-state index contributed by atoms with van der Waals surface area (Å²) in [4.78, 5) is 0. The molecule has 2 atom stereocenters. The van der Waals surface area contributed by atoms with Crippen molar-refractivity contribution in [3.63, 3.8) is 0 Å². The first-order valence-corrected chi connectivity index (χ1v) is 9.57. The van der Waals surface area contributed by atoms with E-state index < -0.39 is 14.4 Å². The average Bonchev–Trinajstić information content (AvgIpc) is 2.79. The Labute approximate surface area is 116 Å². The van der Waals surface area contributed by atoms with Crippen LogP contribution in [0.3, 0.4) is 0 Å². The average molecular weight is 286 g/mol. The fourth-order valence-corrected chi connectivity index (χ4v) is 2.86. The zero-order valence-corrected chi connectivity index (χ0v) is 13.5. The number of aliphatic hydroxyl groups is 2. The standard InChI is InChI=1S/C14H26O4Si/c1-14(2,3)19(4,5)18-13(8-12(16)9-15)11-6-7-17-10-11/h6-7,10,12-13,15-16H,8-9H2,1-5H3. The van der Waals surface area contributed by atoms with Gasteiger partial charge in [0.15, 0.2) is 8.32 Å². The van der Waals surface area contributed by atoms with Gasteiger partial charge in [0.05, 0.1) is 31.3 Å². The molecule has 1 aromatic rings. The largest absolute Gasteiger partial charge is 0.472 e. The summed E-state index contributed by atoms with van der Waals surface area (Å²) in [7, 11) is -1.94. The van der Waals surface area contributed by atoms with Crippen LogP contribution in [-0.4, -0.2) is 31.2 Å². The first-order valence-electron chi connectivity index (χ1n) is 6.66. The first kappa shape index (κ1) is 16.4. The Morgan fingerprint density at radius 1 is 1.37 bits per heavy atom. The van der Waals surface area contributed by atoms with Gasteiger partial charge in [0.25, 0.3) is 0 Å². The second kappa shape index (κ2) is 6.22. The molecule has 110 valence electrons. The predicted molar refractivity (Wildman–Crippen MR) is 77.4 cm³/mol. The van der Waals surface area contributed by atoms with Gasteiger partial charge in [-0.25, -0.2) is 0 Å². The van der Waals surface area contributed by atoms with Gasteiger partial charge in [0.1, 0.15) is 0 Å². The van der Waals surface area contributed by atoms with E-state index in [4.69, 9.17) is 13.9 Å². The van der Waals surface area contributed by atoms with Crippen LogP contribution in [0.1, 0.15) is 38.9 Å². The summed E-state index contributed by atoms with van der Waals surface area (Å²) < 4.78 is 11.4. The lowest BCUT2D eigenvalue weighted by Crippen LogP contribution is -2.42. The van der Waals surface area contributed by atoms with Crippen molar-refractivity contribution in [2.75, 3.05) is 6.61 Å². The number of furan rings is 1. The van der Waals surface area contributed by atoms with E-state index in [1.165, 1.54) is 0 Å². The quantitative estimate of drug-likeness (QED) is 0.789. The molecule has 0 aliphatic heterocycles. The van der Waals surface area contributed by atoms with E-state index in [0.717, 1.165) is 5.56 Å². The van der Waals surface area contributed by atoms with Gasteiger partial charge >= 0.3 is 0 Å². The van der Waals surface area contributed by atoms with E-state index in [0.29, 0.717) is 6.42 Å². The number of hydrogen-bond acceptors (Lipinski definition) is 4. The molecule has 1 rings (SSSR count). The molecule has 0 aromatic carbocycles. The molecule has 0 radical (unpaired) electrons. The van der Waals surface area contributed by atoms with Gasteiger partial charge in [-0.1, -0.05) is 20.8 Å². The van der Waals surface area contributed by atoms with E-state index in [1.807, 2.05) is 6.07 Å². The molecule has 1 aromatic heterocycles. The molecule has 4 nitrogen and oxygen atoms in total. The van der Waals surface area contributed by atoms with Gasteiger partial charge in [0.2, 0.25) is 0 Å². The summed E-state index contributed by atoms with van der Waals surface area (Å²) in [6.45, 7) is 10.6. The van der Waals surface area contributed by atoms with Gasteiger partial charge in [0, 0.05) is 12.0 Å². The Morgan fingerprint density at radius 2 is 2.00 bits per heavy atom. The number of rotatable bonds is 6. The van der Waals surface area contributed by atoms with Crippen LogP contribution in [0, 0.1) is 0 Å². The highest BCUT2D eigenvalue weighted by molar-refractivity contribution is 6.74. The second-order valence-corrected chi connectivity index (χ2v) is 11.3. The lowest BCUT2D eigenvalue weighted by atomic mass is 10.1. The van der Waals surface area contributed by atoms with Crippen molar-refractivity contribution in [3.8, 4) is 0 Å². The summed E-state index contributed by atoms with van der Waals surface area (Å²) in [6.07, 6.45) is 2.61. The van der Waals surface area contributed by atoms with Crippen LogP contribution in [0.4, 0.5) is 0 Å². The van der Waals surface area contributed by atoms with Crippen LogP contribution < -0.4 is 0 Å². The molecule has 0 fully saturated rings. The highest BCUT2D eigenvalue weighted by atomic mass is 28.4. The number of aliphatic hydroxyl groups excluding tert-OH is 2. The molecule has 19 heavy (non-hydrogen) atoms. The third-order valence-corrected chi connectivity index (χ3v) is 8.34. The van der Waals surface area contributed by atoms with Crippen LogP contribution in [0.15, 0.2) is 23.0 Å². The van der Waals surface area contributed by atoms with Crippen LogP contribution >= 0.6 is 0 Å². The smallest absolute Gasteiger partial charge is 0.192 e. The third kappa shape index (κ3) is 4.45. The SMILES string of the molecule is CC(C)(C)[Si](C)(C)OC(CC(O)CO)c1ccoc1. The zero-order chi connectivity index (χ0) is 14.7. The highest BCUT2D eigenvalue weighted by Gasteiger charge is 2.39. The molecule has 2 N–H and O–H groups in total. The summed E-state index contributed by atoms with van der Waals surface area (Å²) in [5.41, 5.74) is 0.914. The predicted octanol–water partition coefficient (Wildman–Crippen LogP) is 3.09. The van der Waals surface area contributed by atoms with Gasteiger partial charge < -0.3 is 19.1 Å². The topological polar surface area (TPSA) is 62.8 Å². The first-order chi connectivity index (χ1) is 8.67. The minimum atomic E-state index is -1.94. The summed E-state index contributed by atoms with van der Waals surface area (Å²) >= 11 is 0. The van der Waals surface area contributed by atoms with Gasteiger partial charge in [-0.3, -0.25) is 0 Å². The second-order valence-electron chi connectivity index (χ2n) is 6.50. The van der Waals surface area contributed by atoms with Crippen LogP contribution in [0.2, 0.25) is 18.1 Å². The lowest BCUT2D eigenvalue weighted by molar-refractivity contribution is 0.0450. The van der Waals surface area contributed by atoms with Crippen LogP contribution in [0.25, 0.3) is 0 Å². The Morgan fingerprint density at radius 3 is 2.42 bits per heavy atom. The Bertz CT molecular complexity index is 367. The van der Waals surface area contributed by atoms with E-state index in [1.54, 1.807) is 12.5 Å². The van der Waals surface area contributed by atoms with Crippen molar-refractivity contribution >= 4 is 8.32 Å². The van der Waals surface area contributed by atoms with Crippen molar-refractivity contribution in [3.05, 3.63) is 24.2 Å². The summed E-state index contributed by atoms with van der Waals surface area (Å²) in [6, 6.07) is 1.85. The van der Waals surface area contributed by atoms with E-state index >= 15 is 0 Å². The van der Waals surface area contributed by atoms with Crippen molar-refractivity contribution in [2.24, 2.45) is 0 Å². The zero-order valence-electron chi connectivity index (χ0n) is 12.5. The fourth-order valence-electron chi connectivity index (χ4n) is 1.56. The summed E-state index contributed by atoms with van der Waals surface area (Å²) in [5.74, 6) is 0. The molecular weight excluding hydrogens is 260 g/mol. The maximum absolute atomic E-state index is 9.68. The number of hydrogen-bond donors (Lipinski definition) is 2. The monoisotopic (exact) mass is 286 g/mol. The van der Waals surface area contributed by atoms with Crippen molar-refractivity contribution < 1.29 is 19.1 Å². The fraction of sp³-hybridized carbons (Fsp3) is 0.714. The Hall–Kier alpha value is -0.623. The van der Waals surface area contributed by atoms with E-state index in [2.05, 4.69) is 33.9 Å². The summed E-state index contributed by atoms with van der Waals surface area (Å²) in [5, 5.41) is 18.8. The molecule has 0 bridgehead atoms. The van der Waals surface area contributed by atoms with E-state index in [-0.39, 0.29) is 17.7 Å². The normalized spacial score (nSPS) is 16.4. The molecule has 0 amide bonds. The molecule has 0 aliphatic carbocycles. The molecule has 2 unspecified atom stereocenters. The minimum absolute atomic E-state index is 0.0964.